The minimum Gasteiger partial charge on any atom is -0.443 e. The number of hydrogen-bond donors (Lipinski definition) is 1. The predicted molar refractivity (Wildman–Crippen MR) is 101 cm³/mol. The topological polar surface area (TPSA) is 41.6 Å². The summed E-state index contributed by atoms with van der Waals surface area (Å²) in [5.41, 5.74) is 2.79. The molecule has 0 saturated heterocycles. The Morgan fingerprint density at radius 3 is 2.62 bits per heavy atom. The fraction of sp³-hybridized carbons (Fsp3) is 0.650. The van der Waals surface area contributed by atoms with E-state index in [4.69, 9.17) is 4.74 Å². The molecule has 1 aromatic rings. The summed E-state index contributed by atoms with van der Waals surface area (Å²) in [7, 11) is 0. The highest BCUT2D eigenvalue weighted by atomic mass is 16.6. The molecule has 1 heterocycles. The van der Waals surface area contributed by atoms with Crippen molar-refractivity contribution < 1.29 is 9.53 Å². The van der Waals surface area contributed by atoms with E-state index in [-0.39, 0.29) is 6.09 Å². The number of benzene rings is 1. The first-order valence-electron chi connectivity index (χ1n) is 9.05. The second-order valence-corrected chi connectivity index (χ2v) is 8.25. The maximum absolute atomic E-state index is 12.5. The SMILES string of the molecule is CC(C)CC(C)Nc1ccc2c(c1)N(C(=O)OC(C)(C)C)CCC2. The van der Waals surface area contributed by atoms with Crippen molar-refractivity contribution in [3.05, 3.63) is 23.8 Å². The molecule has 2 rings (SSSR count). The number of nitrogens with zero attached hydrogens (tertiary/aromatic N) is 1. The Morgan fingerprint density at radius 1 is 1.29 bits per heavy atom. The van der Waals surface area contributed by atoms with E-state index in [1.165, 1.54) is 5.56 Å². The van der Waals surface area contributed by atoms with Crippen LogP contribution in [0.3, 0.4) is 0 Å². The van der Waals surface area contributed by atoms with Crippen molar-refractivity contribution in [2.75, 3.05) is 16.8 Å². The third kappa shape index (κ3) is 5.15. The van der Waals surface area contributed by atoms with Crippen molar-refractivity contribution in [1.82, 2.24) is 0 Å². The molecule has 1 aliphatic heterocycles. The van der Waals surface area contributed by atoms with E-state index in [0.29, 0.717) is 18.5 Å². The van der Waals surface area contributed by atoms with Gasteiger partial charge in [0.2, 0.25) is 0 Å². The number of ether oxygens (including phenoxy) is 1. The van der Waals surface area contributed by atoms with Gasteiger partial charge in [0.25, 0.3) is 0 Å². The smallest absolute Gasteiger partial charge is 0.414 e. The first-order chi connectivity index (χ1) is 11.2. The Hall–Kier alpha value is -1.71. The number of anilines is 2. The van der Waals surface area contributed by atoms with Gasteiger partial charge in [0.15, 0.2) is 0 Å². The third-order valence-corrected chi connectivity index (χ3v) is 4.06. The molecule has 4 heteroatoms. The lowest BCUT2D eigenvalue weighted by molar-refractivity contribution is 0.0578. The Kier molecular flexibility index (Phi) is 5.79. The largest absolute Gasteiger partial charge is 0.443 e. The van der Waals surface area contributed by atoms with Crippen LogP contribution in [-0.2, 0) is 11.2 Å². The standard InChI is InChI=1S/C20H32N2O2/c1-14(2)12-15(3)21-17-10-9-16-8-7-11-22(18(16)13-17)19(23)24-20(4,5)6/h9-10,13-15,21H,7-8,11-12H2,1-6H3. The summed E-state index contributed by atoms with van der Waals surface area (Å²) >= 11 is 0. The molecule has 0 bridgehead atoms. The van der Waals surface area contributed by atoms with Gasteiger partial charge >= 0.3 is 6.09 Å². The van der Waals surface area contributed by atoms with Gasteiger partial charge in [0.05, 0.1) is 5.69 Å². The number of rotatable bonds is 4. The van der Waals surface area contributed by atoms with Crippen LogP contribution in [0.1, 0.15) is 59.9 Å². The second-order valence-electron chi connectivity index (χ2n) is 8.25. The zero-order valence-electron chi connectivity index (χ0n) is 16.0. The molecule has 4 nitrogen and oxygen atoms in total. The number of amides is 1. The van der Waals surface area contributed by atoms with E-state index in [2.05, 4.69) is 44.3 Å². The average molecular weight is 332 g/mol. The zero-order valence-corrected chi connectivity index (χ0v) is 16.0. The van der Waals surface area contributed by atoms with Gasteiger partial charge in [-0.25, -0.2) is 4.79 Å². The maximum atomic E-state index is 12.5. The maximum Gasteiger partial charge on any atom is 0.414 e. The fourth-order valence-electron chi connectivity index (χ4n) is 3.22. The molecule has 0 saturated carbocycles. The lowest BCUT2D eigenvalue weighted by Crippen LogP contribution is -2.39. The van der Waals surface area contributed by atoms with Crippen LogP contribution in [0.2, 0.25) is 0 Å². The lowest BCUT2D eigenvalue weighted by Gasteiger charge is -2.32. The zero-order chi connectivity index (χ0) is 17.9. The molecule has 1 N–H and O–H groups in total. The van der Waals surface area contributed by atoms with Gasteiger partial charge in [0, 0.05) is 18.3 Å². The quantitative estimate of drug-likeness (QED) is 0.822. The normalized spacial score (nSPS) is 15.9. The van der Waals surface area contributed by atoms with Crippen LogP contribution in [0.4, 0.5) is 16.2 Å². The van der Waals surface area contributed by atoms with Crippen molar-refractivity contribution in [2.45, 2.75) is 72.4 Å². The molecule has 1 amide bonds. The molecule has 134 valence electrons. The summed E-state index contributed by atoms with van der Waals surface area (Å²) in [6.07, 6.45) is 2.85. The van der Waals surface area contributed by atoms with Crippen molar-refractivity contribution >= 4 is 17.5 Å². The third-order valence-electron chi connectivity index (χ3n) is 4.06. The van der Waals surface area contributed by atoms with Crippen molar-refractivity contribution in [3.8, 4) is 0 Å². The highest BCUT2D eigenvalue weighted by Crippen LogP contribution is 2.31. The average Bonchev–Trinajstić information content (AvgIpc) is 2.43. The number of hydrogen-bond acceptors (Lipinski definition) is 3. The van der Waals surface area contributed by atoms with Gasteiger partial charge in [-0.3, -0.25) is 4.90 Å². The minimum atomic E-state index is -0.476. The van der Waals surface area contributed by atoms with E-state index in [0.717, 1.165) is 30.6 Å². The van der Waals surface area contributed by atoms with E-state index >= 15 is 0 Å². The van der Waals surface area contributed by atoms with Crippen LogP contribution in [0.15, 0.2) is 18.2 Å². The molecule has 0 aliphatic carbocycles. The molecule has 1 aliphatic rings. The molecule has 0 radical (unpaired) electrons. The van der Waals surface area contributed by atoms with Gasteiger partial charge in [0.1, 0.15) is 5.60 Å². The van der Waals surface area contributed by atoms with Crippen molar-refractivity contribution in [3.63, 3.8) is 0 Å². The Labute approximate surface area is 146 Å². The first-order valence-corrected chi connectivity index (χ1v) is 9.05. The van der Waals surface area contributed by atoms with Gasteiger partial charge in [-0.05, 0) is 70.6 Å². The molecule has 0 spiro atoms. The minimum absolute atomic E-state index is 0.254. The molecule has 1 aromatic carbocycles. The van der Waals surface area contributed by atoms with Crippen LogP contribution in [0, 0.1) is 5.92 Å². The molecule has 1 atom stereocenters. The molecule has 24 heavy (non-hydrogen) atoms. The van der Waals surface area contributed by atoms with Crippen LogP contribution >= 0.6 is 0 Å². The molecule has 0 fully saturated rings. The molecular formula is C20H32N2O2. The van der Waals surface area contributed by atoms with Crippen LogP contribution in [-0.4, -0.2) is 24.3 Å². The van der Waals surface area contributed by atoms with E-state index < -0.39 is 5.60 Å². The highest BCUT2D eigenvalue weighted by Gasteiger charge is 2.27. The first kappa shape index (κ1) is 18.6. The Balaban J connectivity index is 2.18. The van der Waals surface area contributed by atoms with Crippen molar-refractivity contribution in [1.29, 1.82) is 0 Å². The second kappa shape index (κ2) is 7.45. The molecule has 0 aromatic heterocycles. The number of aryl methyl sites for hydroxylation is 1. The van der Waals surface area contributed by atoms with E-state index in [9.17, 15) is 4.79 Å². The predicted octanol–water partition coefficient (Wildman–Crippen LogP) is 5.22. The molecule has 1 unspecified atom stereocenters. The van der Waals surface area contributed by atoms with Crippen molar-refractivity contribution in [2.24, 2.45) is 5.92 Å². The van der Waals surface area contributed by atoms with Crippen LogP contribution < -0.4 is 10.2 Å². The van der Waals surface area contributed by atoms with E-state index in [1.807, 2.05) is 20.8 Å². The molecular weight excluding hydrogens is 300 g/mol. The fourth-order valence-corrected chi connectivity index (χ4v) is 3.22. The van der Waals surface area contributed by atoms with Crippen LogP contribution in [0.25, 0.3) is 0 Å². The van der Waals surface area contributed by atoms with Gasteiger partial charge in [-0.15, -0.1) is 0 Å². The summed E-state index contributed by atoms with van der Waals surface area (Å²) in [4.78, 5) is 14.3. The lowest BCUT2D eigenvalue weighted by atomic mass is 10.0. The summed E-state index contributed by atoms with van der Waals surface area (Å²) in [5.74, 6) is 0.656. The monoisotopic (exact) mass is 332 g/mol. The van der Waals surface area contributed by atoms with Gasteiger partial charge in [-0.2, -0.15) is 0 Å². The summed E-state index contributed by atoms with van der Waals surface area (Å²) in [5, 5.41) is 3.55. The van der Waals surface area contributed by atoms with Crippen LogP contribution in [0.5, 0.6) is 0 Å². The number of carbonyl (C=O) groups excluding carboxylic acids is 1. The van der Waals surface area contributed by atoms with E-state index in [1.54, 1.807) is 4.90 Å². The summed E-state index contributed by atoms with van der Waals surface area (Å²) < 4.78 is 5.57. The van der Waals surface area contributed by atoms with Gasteiger partial charge < -0.3 is 10.1 Å². The number of fused-ring (bicyclic) bond motifs is 1. The Morgan fingerprint density at radius 2 is 2.00 bits per heavy atom. The number of carbonyl (C=O) groups is 1. The summed E-state index contributed by atoms with van der Waals surface area (Å²) in [6.45, 7) is 13.1. The summed E-state index contributed by atoms with van der Waals surface area (Å²) in [6, 6.07) is 6.75. The number of nitrogens with one attached hydrogen (secondary N) is 1. The Bertz CT molecular complexity index is 575. The highest BCUT2D eigenvalue weighted by molar-refractivity contribution is 5.90. The van der Waals surface area contributed by atoms with Gasteiger partial charge in [-0.1, -0.05) is 19.9 Å².